The first-order valence-electron chi connectivity index (χ1n) is 8.67. The number of aryl methyl sites for hydroxylation is 1. The van der Waals surface area contributed by atoms with Crippen LogP contribution in [0.15, 0.2) is 60.7 Å². The molecule has 0 N–H and O–H groups in total. The van der Waals surface area contributed by atoms with Crippen molar-refractivity contribution in [1.82, 2.24) is 4.90 Å². The summed E-state index contributed by atoms with van der Waals surface area (Å²) in [6.45, 7) is 1.84. The summed E-state index contributed by atoms with van der Waals surface area (Å²) in [6, 6.07) is 20.8. The second-order valence-corrected chi connectivity index (χ2v) is 6.51. The van der Waals surface area contributed by atoms with E-state index in [2.05, 4.69) is 30.3 Å². The van der Waals surface area contributed by atoms with Crippen LogP contribution in [0.4, 0.5) is 0 Å². The second kappa shape index (κ2) is 7.96. The molecule has 120 valence electrons. The molecule has 0 saturated carbocycles. The number of carbonyl (C=O) groups excluding carboxylic acids is 1. The van der Waals surface area contributed by atoms with E-state index in [1.54, 1.807) is 0 Å². The van der Waals surface area contributed by atoms with Gasteiger partial charge in [0.25, 0.3) is 0 Å². The smallest absolute Gasteiger partial charge is 0.226 e. The predicted molar refractivity (Wildman–Crippen MR) is 94.2 cm³/mol. The molecule has 1 heterocycles. The van der Waals surface area contributed by atoms with E-state index >= 15 is 0 Å². The van der Waals surface area contributed by atoms with Crippen molar-refractivity contribution >= 4 is 5.91 Å². The fourth-order valence-corrected chi connectivity index (χ4v) is 3.37. The van der Waals surface area contributed by atoms with Crippen molar-refractivity contribution in [1.29, 1.82) is 0 Å². The minimum atomic E-state index is 0.276. The highest BCUT2D eigenvalue weighted by Crippen LogP contribution is 2.23. The molecule has 0 unspecified atom stereocenters. The van der Waals surface area contributed by atoms with E-state index < -0.39 is 0 Å². The Morgan fingerprint density at radius 2 is 1.43 bits per heavy atom. The molecule has 2 aromatic carbocycles. The van der Waals surface area contributed by atoms with Crippen molar-refractivity contribution < 1.29 is 4.79 Å². The molecule has 1 fully saturated rings. The minimum Gasteiger partial charge on any atom is -0.342 e. The number of benzene rings is 2. The van der Waals surface area contributed by atoms with E-state index in [9.17, 15) is 4.79 Å². The zero-order valence-corrected chi connectivity index (χ0v) is 13.7. The molecule has 0 aromatic heterocycles. The number of nitrogens with zero attached hydrogens (tertiary/aromatic N) is 1. The Labute approximate surface area is 139 Å². The minimum absolute atomic E-state index is 0.276. The molecule has 23 heavy (non-hydrogen) atoms. The monoisotopic (exact) mass is 307 g/mol. The highest BCUT2D eigenvalue weighted by Gasteiger charge is 2.22. The third-order valence-corrected chi connectivity index (χ3v) is 4.85. The van der Waals surface area contributed by atoms with Crippen LogP contribution in [0.1, 0.15) is 30.4 Å². The molecule has 0 atom stereocenters. The number of piperidine rings is 1. The molecule has 1 saturated heterocycles. The topological polar surface area (TPSA) is 20.3 Å². The molecule has 0 aliphatic carbocycles. The first-order chi connectivity index (χ1) is 11.3. The lowest BCUT2D eigenvalue weighted by Gasteiger charge is -2.32. The first kappa shape index (κ1) is 15.8. The summed E-state index contributed by atoms with van der Waals surface area (Å²) in [5.74, 6) is 1.04. The van der Waals surface area contributed by atoms with E-state index in [1.165, 1.54) is 12.0 Å². The first-order valence-corrected chi connectivity index (χ1v) is 8.67. The van der Waals surface area contributed by atoms with Crippen LogP contribution < -0.4 is 0 Å². The number of likely N-dealkylation sites (tertiary alicyclic amines) is 1. The van der Waals surface area contributed by atoms with Gasteiger partial charge in [0, 0.05) is 13.1 Å². The fraction of sp³-hybridized carbons (Fsp3) is 0.381. The van der Waals surface area contributed by atoms with Crippen molar-refractivity contribution in [3.8, 4) is 0 Å². The van der Waals surface area contributed by atoms with Gasteiger partial charge in [0.2, 0.25) is 5.91 Å². The zero-order chi connectivity index (χ0) is 15.9. The normalized spacial score (nSPS) is 15.6. The van der Waals surface area contributed by atoms with Crippen LogP contribution in [0.25, 0.3) is 0 Å². The van der Waals surface area contributed by atoms with Crippen LogP contribution in [-0.4, -0.2) is 23.9 Å². The highest BCUT2D eigenvalue weighted by atomic mass is 16.2. The summed E-state index contributed by atoms with van der Waals surface area (Å²) >= 11 is 0. The molecule has 0 spiro atoms. The lowest BCUT2D eigenvalue weighted by atomic mass is 9.90. The Kier molecular flexibility index (Phi) is 5.46. The number of amides is 1. The van der Waals surface area contributed by atoms with Gasteiger partial charge in [0.05, 0.1) is 6.42 Å². The summed E-state index contributed by atoms with van der Waals surface area (Å²) in [6.07, 6.45) is 5.23. The van der Waals surface area contributed by atoms with Crippen molar-refractivity contribution in [2.24, 2.45) is 5.92 Å². The van der Waals surface area contributed by atoms with Crippen molar-refractivity contribution in [3.63, 3.8) is 0 Å². The third-order valence-electron chi connectivity index (χ3n) is 4.85. The Morgan fingerprint density at radius 1 is 0.870 bits per heavy atom. The van der Waals surface area contributed by atoms with Crippen LogP contribution in [-0.2, 0) is 17.6 Å². The van der Waals surface area contributed by atoms with E-state index in [0.717, 1.165) is 43.8 Å². The van der Waals surface area contributed by atoms with Gasteiger partial charge >= 0.3 is 0 Å². The lowest BCUT2D eigenvalue weighted by molar-refractivity contribution is -0.131. The zero-order valence-electron chi connectivity index (χ0n) is 13.7. The summed E-state index contributed by atoms with van der Waals surface area (Å²) in [5, 5.41) is 0. The maximum absolute atomic E-state index is 12.4. The van der Waals surface area contributed by atoms with E-state index in [1.807, 2.05) is 35.2 Å². The van der Waals surface area contributed by atoms with Gasteiger partial charge in [0.1, 0.15) is 0 Å². The van der Waals surface area contributed by atoms with Crippen molar-refractivity contribution in [2.75, 3.05) is 13.1 Å². The number of hydrogen-bond donors (Lipinski definition) is 0. The summed E-state index contributed by atoms with van der Waals surface area (Å²) in [7, 11) is 0. The van der Waals surface area contributed by atoms with Gasteiger partial charge in [-0.15, -0.1) is 0 Å². The average Bonchev–Trinajstić information content (AvgIpc) is 2.62. The number of hydrogen-bond acceptors (Lipinski definition) is 1. The van der Waals surface area contributed by atoms with Gasteiger partial charge < -0.3 is 4.90 Å². The molecule has 0 bridgehead atoms. The number of carbonyl (C=O) groups is 1. The molecule has 1 aliphatic rings. The van der Waals surface area contributed by atoms with Crippen molar-refractivity contribution in [2.45, 2.75) is 32.1 Å². The van der Waals surface area contributed by atoms with Gasteiger partial charge in [-0.25, -0.2) is 0 Å². The SMILES string of the molecule is O=C(Cc1ccccc1)N1CCC(CCc2ccccc2)CC1. The van der Waals surface area contributed by atoms with Crippen LogP contribution >= 0.6 is 0 Å². The fourth-order valence-electron chi connectivity index (χ4n) is 3.37. The van der Waals surface area contributed by atoms with Gasteiger partial charge in [-0.05, 0) is 42.7 Å². The van der Waals surface area contributed by atoms with Gasteiger partial charge in [-0.2, -0.15) is 0 Å². The molecule has 2 nitrogen and oxygen atoms in total. The molecule has 1 aliphatic heterocycles. The third kappa shape index (κ3) is 4.69. The molecule has 1 amide bonds. The summed E-state index contributed by atoms with van der Waals surface area (Å²) in [4.78, 5) is 14.4. The Bertz CT molecular complexity index is 600. The Morgan fingerprint density at radius 3 is 2.04 bits per heavy atom. The van der Waals surface area contributed by atoms with Gasteiger partial charge in [-0.3, -0.25) is 4.79 Å². The summed E-state index contributed by atoms with van der Waals surface area (Å²) < 4.78 is 0. The Balaban J connectivity index is 1.42. The average molecular weight is 307 g/mol. The number of rotatable bonds is 5. The maximum atomic E-state index is 12.4. The molecule has 3 rings (SSSR count). The van der Waals surface area contributed by atoms with Gasteiger partial charge in [0.15, 0.2) is 0 Å². The molecule has 2 heteroatoms. The van der Waals surface area contributed by atoms with Crippen molar-refractivity contribution in [3.05, 3.63) is 71.8 Å². The van der Waals surface area contributed by atoms with Crippen LogP contribution in [0.5, 0.6) is 0 Å². The quantitative estimate of drug-likeness (QED) is 0.814. The highest BCUT2D eigenvalue weighted by molar-refractivity contribution is 5.78. The van der Waals surface area contributed by atoms with E-state index in [-0.39, 0.29) is 5.91 Å². The predicted octanol–water partition coefficient (Wildman–Crippen LogP) is 4.10. The Hall–Kier alpha value is -2.09. The summed E-state index contributed by atoms with van der Waals surface area (Å²) in [5.41, 5.74) is 2.54. The molecule has 0 radical (unpaired) electrons. The molecule has 2 aromatic rings. The van der Waals surface area contributed by atoms with E-state index in [4.69, 9.17) is 0 Å². The van der Waals surface area contributed by atoms with Crippen LogP contribution in [0.3, 0.4) is 0 Å². The second-order valence-electron chi connectivity index (χ2n) is 6.51. The van der Waals surface area contributed by atoms with E-state index in [0.29, 0.717) is 6.42 Å². The van der Waals surface area contributed by atoms with Crippen LogP contribution in [0.2, 0.25) is 0 Å². The standard InChI is InChI=1S/C21H25NO/c23-21(17-20-9-5-2-6-10-20)22-15-13-19(14-16-22)12-11-18-7-3-1-4-8-18/h1-10,19H,11-17H2. The lowest BCUT2D eigenvalue weighted by Crippen LogP contribution is -2.39. The molecular weight excluding hydrogens is 282 g/mol. The maximum Gasteiger partial charge on any atom is 0.226 e. The molecular formula is C21H25NO. The largest absolute Gasteiger partial charge is 0.342 e. The van der Waals surface area contributed by atoms with Gasteiger partial charge in [-0.1, -0.05) is 60.7 Å². The van der Waals surface area contributed by atoms with Crippen LogP contribution in [0, 0.1) is 5.92 Å².